The van der Waals surface area contributed by atoms with Crippen LogP contribution in [0.4, 0.5) is 5.69 Å². The summed E-state index contributed by atoms with van der Waals surface area (Å²) in [6.07, 6.45) is -0.321. The standard InChI is InChI=1S/C27H20ClNO3/c28-22-13-9-18(10-14-22)17-29-24-8-4-3-7-23(24)27(32,26(29)31)16-25(30)21-12-11-19-5-1-2-6-20(19)15-21/h1-15,32H,16-17H2/t27-/m0/s1. The van der Waals surface area contributed by atoms with Crippen LogP contribution in [-0.2, 0) is 16.9 Å². The van der Waals surface area contributed by atoms with Gasteiger partial charge in [0, 0.05) is 16.1 Å². The van der Waals surface area contributed by atoms with E-state index in [1.165, 1.54) is 4.90 Å². The number of carbonyl (C=O) groups is 2. The second-order valence-electron chi connectivity index (χ2n) is 8.06. The van der Waals surface area contributed by atoms with E-state index in [0.29, 0.717) is 21.8 Å². The number of Topliss-reactive ketones (excluding diaryl/α,β-unsaturated/α-hetero) is 1. The fraction of sp³-hybridized carbons (Fsp3) is 0.111. The summed E-state index contributed by atoms with van der Waals surface area (Å²) in [5.74, 6) is -0.780. The van der Waals surface area contributed by atoms with Crippen LogP contribution in [0.25, 0.3) is 10.8 Å². The third kappa shape index (κ3) is 3.48. The Kier molecular flexibility index (Phi) is 5.04. The van der Waals surface area contributed by atoms with Crippen molar-refractivity contribution in [1.29, 1.82) is 0 Å². The number of halogens is 1. The van der Waals surface area contributed by atoms with Crippen molar-refractivity contribution in [3.8, 4) is 0 Å². The van der Waals surface area contributed by atoms with Crippen molar-refractivity contribution in [1.82, 2.24) is 0 Å². The zero-order valence-corrected chi connectivity index (χ0v) is 17.9. The van der Waals surface area contributed by atoms with Gasteiger partial charge in [0.2, 0.25) is 0 Å². The van der Waals surface area contributed by atoms with E-state index < -0.39 is 11.5 Å². The summed E-state index contributed by atoms with van der Waals surface area (Å²) in [5.41, 5.74) is 0.502. The van der Waals surface area contributed by atoms with Gasteiger partial charge in [-0.15, -0.1) is 0 Å². The predicted octanol–water partition coefficient (Wildman–Crippen LogP) is 5.50. The van der Waals surface area contributed by atoms with Crippen molar-refractivity contribution in [2.24, 2.45) is 0 Å². The maximum absolute atomic E-state index is 13.4. The van der Waals surface area contributed by atoms with Crippen LogP contribution in [0, 0.1) is 0 Å². The van der Waals surface area contributed by atoms with Gasteiger partial charge in [-0.3, -0.25) is 9.59 Å². The number of amides is 1. The van der Waals surface area contributed by atoms with E-state index in [-0.39, 0.29) is 18.7 Å². The third-order valence-corrected chi connectivity index (χ3v) is 6.23. The first-order valence-electron chi connectivity index (χ1n) is 10.4. The van der Waals surface area contributed by atoms with Crippen LogP contribution >= 0.6 is 11.6 Å². The molecule has 4 nitrogen and oxygen atoms in total. The molecule has 0 aliphatic carbocycles. The molecule has 0 saturated carbocycles. The number of hydrogen-bond donors (Lipinski definition) is 1. The average molecular weight is 442 g/mol. The molecule has 5 heteroatoms. The van der Waals surface area contributed by atoms with Gasteiger partial charge in [0.25, 0.3) is 5.91 Å². The molecular weight excluding hydrogens is 422 g/mol. The highest BCUT2D eigenvalue weighted by Crippen LogP contribution is 2.43. The van der Waals surface area contributed by atoms with Crippen LogP contribution in [-0.4, -0.2) is 16.8 Å². The van der Waals surface area contributed by atoms with E-state index in [1.807, 2.05) is 48.5 Å². The lowest BCUT2D eigenvalue weighted by Gasteiger charge is -2.23. The van der Waals surface area contributed by atoms with E-state index in [9.17, 15) is 14.7 Å². The Bertz CT molecular complexity index is 1350. The monoisotopic (exact) mass is 441 g/mol. The van der Waals surface area contributed by atoms with E-state index >= 15 is 0 Å². The minimum atomic E-state index is -1.91. The summed E-state index contributed by atoms with van der Waals surface area (Å²) in [7, 11) is 0. The Hall–Kier alpha value is -3.47. The van der Waals surface area contributed by atoms with Gasteiger partial charge in [-0.1, -0.05) is 78.3 Å². The van der Waals surface area contributed by atoms with Gasteiger partial charge < -0.3 is 10.0 Å². The van der Waals surface area contributed by atoms with Crippen LogP contribution in [0.2, 0.25) is 5.02 Å². The number of anilines is 1. The fourth-order valence-corrected chi connectivity index (χ4v) is 4.43. The van der Waals surface area contributed by atoms with Crippen molar-refractivity contribution >= 4 is 39.8 Å². The number of nitrogens with zero attached hydrogens (tertiary/aromatic N) is 1. The Morgan fingerprint density at radius 1 is 0.875 bits per heavy atom. The summed E-state index contributed by atoms with van der Waals surface area (Å²) in [6.45, 7) is 0.277. The molecule has 4 aromatic carbocycles. The molecule has 0 radical (unpaired) electrons. The Balaban J connectivity index is 1.47. The van der Waals surface area contributed by atoms with Gasteiger partial charge in [-0.2, -0.15) is 0 Å². The molecule has 1 atom stereocenters. The fourth-order valence-electron chi connectivity index (χ4n) is 4.30. The Labute approximate surface area is 190 Å². The van der Waals surface area contributed by atoms with Gasteiger partial charge in [-0.05, 0) is 40.6 Å². The maximum atomic E-state index is 13.4. The summed E-state index contributed by atoms with van der Waals surface area (Å²) in [5, 5.41) is 14.1. The Morgan fingerprint density at radius 3 is 2.34 bits per heavy atom. The number of para-hydroxylation sites is 1. The van der Waals surface area contributed by atoms with Crippen LogP contribution in [0.3, 0.4) is 0 Å². The number of benzene rings is 4. The number of fused-ring (bicyclic) bond motifs is 2. The second-order valence-corrected chi connectivity index (χ2v) is 8.49. The van der Waals surface area contributed by atoms with Crippen molar-refractivity contribution in [3.05, 3.63) is 113 Å². The molecule has 1 aliphatic rings. The minimum Gasteiger partial charge on any atom is -0.375 e. The lowest BCUT2D eigenvalue weighted by atomic mass is 9.88. The molecule has 5 rings (SSSR count). The first-order valence-corrected chi connectivity index (χ1v) is 10.7. The quantitative estimate of drug-likeness (QED) is 0.416. The average Bonchev–Trinajstić information content (AvgIpc) is 3.02. The van der Waals surface area contributed by atoms with Crippen LogP contribution in [0.5, 0.6) is 0 Å². The van der Waals surface area contributed by atoms with Gasteiger partial charge in [0.1, 0.15) is 0 Å². The highest BCUT2D eigenvalue weighted by Gasteiger charge is 2.50. The molecule has 0 unspecified atom stereocenters. The van der Waals surface area contributed by atoms with E-state index in [1.54, 1.807) is 42.5 Å². The van der Waals surface area contributed by atoms with E-state index in [2.05, 4.69) is 0 Å². The molecule has 0 fully saturated rings. The molecule has 4 aromatic rings. The van der Waals surface area contributed by atoms with E-state index in [0.717, 1.165) is 16.3 Å². The van der Waals surface area contributed by atoms with Crippen molar-refractivity contribution < 1.29 is 14.7 Å². The Morgan fingerprint density at radius 2 is 1.56 bits per heavy atom. The highest BCUT2D eigenvalue weighted by atomic mass is 35.5. The zero-order valence-electron chi connectivity index (χ0n) is 17.2. The minimum absolute atomic E-state index is 0.277. The van der Waals surface area contributed by atoms with Crippen molar-refractivity contribution in [2.75, 3.05) is 4.90 Å². The number of aliphatic hydroxyl groups is 1. The predicted molar refractivity (Wildman–Crippen MR) is 126 cm³/mol. The number of carbonyl (C=O) groups excluding carboxylic acids is 2. The molecule has 0 aromatic heterocycles. The topological polar surface area (TPSA) is 57.6 Å². The summed E-state index contributed by atoms with van der Waals surface area (Å²) in [6, 6.07) is 27.5. The molecule has 1 amide bonds. The number of rotatable bonds is 5. The summed E-state index contributed by atoms with van der Waals surface area (Å²) < 4.78 is 0. The first kappa shape index (κ1) is 20.4. The number of hydrogen-bond acceptors (Lipinski definition) is 3. The van der Waals surface area contributed by atoms with Gasteiger partial charge in [-0.25, -0.2) is 0 Å². The molecule has 1 heterocycles. The molecule has 32 heavy (non-hydrogen) atoms. The maximum Gasteiger partial charge on any atom is 0.264 e. The normalized spacial score (nSPS) is 17.6. The lowest BCUT2D eigenvalue weighted by Crippen LogP contribution is -2.41. The molecule has 0 saturated heterocycles. The van der Waals surface area contributed by atoms with Crippen LogP contribution in [0.1, 0.15) is 27.9 Å². The molecular formula is C27H20ClNO3. The van der Waals surface area contributed by atoms with Crippen molar-refractivity contribution in [2.45, 2.75) is 18.6 Å². The smallest absolute Gasteiger partial charge is 0.264 e. The summed E-state index contributed by atoms with van der Waals surface area (Å²) >= 11 is 5.98. The summed E-state index contributed by atoms with van der Waals surface area (Å²) in [4.78, 5) is 28.1. The lowest BCUT2D eigenvalue weighted by molar-refractivity contribution is -0.136. The number of ketones is 1. The molecule has 1 aliphatic heterocycles. The van der Waals surface area contributed by atoms with E-state index in [4.69, 9.17) is 11.6 Å². The van der Waals surface area contributed by atoms with Crippen LogP contribution < -0.4 is 4.90 Å². The zero-order chi connectivity index (χ0) is 22.3. The second kappa shape index (κ2) is 7.90. The largest absolute Gasteiger partial charge is 0.375 e. The van der Waals surface area contributed by atoms with Gasteiger partial charge in [0.05, 0.1) is 18.7 Å². The van der Waals surface area contributed by atoms with Gasteiger partial charge in [0.15, 0.2) is 11.4 Å². The highest BCUT2D eigenvalue weighted by molar-refractivity contribution is 6.30. The molecule has 158 valence electrons. The SMILES string of the molecule is O=C(C[C@@]1(O)C(=O)N(Cc2ccc(Cl)cc2)c2ccccc21)c1ccc2ccccc2c1. The van der Waals surface area contributed by atoms with Gasteiger partial charge >= 0.3 is 0 Å². The first-order chi connectivity index (χ1) is 15.5. The van der Waals surface area contributed by atoms with Crippen molar-refractivity contribution in [3.63, 3.8) is 0 Å². The molecule has 0 bridgehead atoms. The molecule has 0 spiro atoms. The molecule has 1 N–H and O–H groups in total. The van der Waals surface area contributed by atoms with Crippen LogP contribution in [0.15, 0.2) is 91.0 Å². The third-order valence-electron chi connectivity index (χ3n) is 5.98.